The van der Waals surface area contributed by atoms with E-state index in [1.807, 2.05) is 13.8 Å². The molecule has 6 heteroatoms. The van der Waals surface area contributed by atoms with E-state index in [1.54, 1.807) is 0 Å². The molecule has 0 spiro atoms. The summed E-state index contributed by atoms with van der Waals surface area (Å²) in [4.78, 5) is 36.7. The van der Waals surface area contributed by atoms with Crippen LogP contribution in [0.25, 0.3) is 0 Å². The third-order valence-corrected chi connectivity index (χ3v) is 7.20. The van der Waals surface area contributed by atoms with E-state index < -0.39 is 6.10 Å². The average molecular weight is 569 g/mol. The maximum Gasteiger partial charge on any atom is 0.306 e. The molecule has 0 aliphatic heterocycles. The number of carbonyl (C=O) groups excluding carboxylic acids is 3. The van der Waals surface area contributed by atoms with Crippen molar-refractivity contribution in [3.8, 4) is 0 Å². The highest BCUT2D eigenvalue weighted by Crippen LogP contribution is 2.14. The highest BCUT2D eigenvalue weighted by molar-refractivity contribution is 5.71. The summed E-state index contributed by atoms with van der Waals surface area (Å²) in [6, 6.07) is 0. The molecule has 0 N–H and O–H groups in total. The zero-order valence-corrected chi connectivity index (χ0v) is 26.8. The van der Waals surface area contributed by atoms with Gasteiger partial charge in [-0.15, -0.1) is 0 Å². The second kappa shape index (κ2) is 28.9. The fraction of sp³-hybridized carbons (Fsp3) is 0.912. The summed E-state index contributed by atoms with van der Waals surface area (Å²) < 4.78 is 16.3. The molecule has 0 aromatic heterocycles. The van der Waals surface area contributed by atoms with Crippen molar-refractivity contribution >= 4 is 17.9 Å². The largest absolute Gasteiger partial charge is 0.462 e. The molecule has 0 aromatic rings. The lowest BCUT2D eigenvalue weighted by Gasteiger charge is -2.18. The topological polar surface area (TPSA) is 78.9 Å². The first-order valence-corrected chi connectivity index (χ1v) is 16.9. The smallest absolute Gasteiger partial charge is 0.306 e. The van der Waals surface area contributed by atoms with E-state index in [4.69, 9.17) is 14.2 Å². The Bertz CT molecular complexity index is 603. The van der Waals surface area contributed by atoms with Crippen molar-refractivity contribution in [2.24, 2.45) is 5.92 Å². The number of hydrogen-bond acceptors (Lipinski definition) is 6. The molecule has 0 aliphatic rings. The minimum absolute atomic E-state index is 0.0741. The van der Waals surface area contributed by atoms with E-state index in [0.717, 1.165) is 38.5 Å². The van der Waals surface area contributed by atoms with Gasteiger partial charge in [0, 0.05) is 19.3 Å². The zero-order chi connectivity index (χ0) is 29.7. The minimum Gasteiger partial charge on any atom is -0.462 e. The van der Waals surface area contributed by atoms with Crippen LogP contribution in [0.15, 0.2) is 0 Å². The summed E-state index contributed by atoms with van der Waals surface area (Å²) in [5, 5.41) is 0. The normalized spacial score (nSPS) is 11.9. The Morgan fingerprint density at radius 1 is 0.475 bits per heavy atom. The van der Waals surface area contributed by atoms with Crippen molar-refractivity contribution in [3.63, 3.8) is 0 Å². The lowest BCUT2D eigenvalue weighted by Crippen LogP contribution is -2.31. The Hall–Kier alpha value is -1.59. The Morgan fingerprint density at radius 3 is 1.23 bits per heavy atom. The molecule has 236 valence electrons. The van der Waals surface area contributed by atoms with Gasteiger partial charge in [0.1, 0.15) is 13.2 Å². The molecule has 40 heavy (non-hydrogen) atoms. The van der Waals surface area contributed by atoms with Crippen molar-refractivity contribution in [1.29, 1.82) is 0 Å². The first kappa shape index (κ1) is 38.4. The van der Waals surface area contributed by atoms with Gasteiger partial charge in [-0.2, -0.15) is 0 Å². The van der Waals surface area contributed by atoms with Crippen LogP contribution in [0.5, 0.6) is 0 Å². The lowest BCUT2D eigenvalue weighted by molar-refractivity contribution is -0.167. The van der Waals surface area contributed by atoms with Gasteiger partial charge in [0.25, 0.3) is 0 Å². The predicted octanol–water partition coefficient (Wildman–Crippen LogP) is 9.65. The van der Waals surface area contributed by atoms with Gasteiger partial charge < -0.3 is 14.2 Å². The fourth-order valence-electron chi connectivity index (χ4n) is 4.71. The highest BCUT2D eigenvalue weighted by Gasteiger charge is 2.19. The molecule has 0 saturated heterocycles. The highest BCUT2D eigenvalue weighted by atomic mass is 16.6. The standard InChI is InChI=1S/C34H64O6/c1-5-7-9-11-13-15-16-18-19-21-23-25-32(35)38-28-31(29-39-34(37)27-30(3)4)40-33(36)26-24-22-20-17-14-12-10-8-6-2/h30-31H,5-29H2,1-4H3/t31-/m1/s1. The van der Waals surface area contributed by atoms with Gasteiger partial charge in [-0.3, -0.25) is 14.4 Å². The molecule has 0 rings (SSSR count). The van der Waals surface area contributed by atoms with Gasteiger partial charge in [0.05, 0.1) is 0 Å². The second-order valence-electron chi connectivity index (χ2n) is 11.9. The summed E-state index contributed by atoms with van der Waals surface area (Å²) in [6.07, 6.45) is 24.3. The van der Waals surface area contributed by atoms with Crippen LogP contribution in [-0.2, 0) is 28.6 Å². The Morgan fingerprint density at radius 2 is 0.825 bits per heavy atom. The third kappa shape index (κ3) is 28.0. The van der Waals surface area contributed by atoms with Crippen molar-refractivity contribution in [3.05, 3.63) is 0 Å². The van der Waals surface area contributed by atoms with Crippen molar-refractivity contribution in [1.82, 2.24) is 0 Å². The summed E-state index contributed by atoms with van der Waals surface area (Å²) in [5.74, 6) is -0.760. The van der Waals surface area contributed by atoms with Crippen LogP contribution in [0.3, 0.4) is 0 Å². The van der Waals surface area contributed by atoms with Crippen LogP contribution in [0.4, 0.5) is 0 Å². The summed E-state index contributed by atoms with van der Waals surface area (Å²) in [7, 11) is 0. The third-order valence-electron chi connectivity index (χ3n) is 7.20. The molecule has 0 radical (unpaired) electrons. The van der Waals surface area contributed by atoms with E-state index in [0.29, 0.717) is 19.3 Å². The first-order chi connectivity index (χ1) is 19.4. The summed E-state index contributed by atoms with van der Waals surface area (Å²) >= 11 is 0. The van der Waals surface area contributed by atoms with Crippen LogP contribution in [0.2, 0.25) is 0 Å². The number of rotatable bonds is 29. The van der Waals surface area contributed by atoms with Crippen molar-refractivity contribution in [2.45, 2.75) is 181 Å². The molecule has 0 heterocycles. The van der Waals surface area contributed by atoms with Crippen LogP contribution in [0.1, 0.15) is 175 Å². The molecule has 0 aromatic carbocycles. The van der Waals surface area contributed by atoms with Crippen LogP contribution in [-0.4, -0.2) is 37.2 Å². The number of esters is 3. The monoisotopic (exact) mass is 568 g/mol. The fourth-order valence-corrected chi connectivity index (χ4v) is 4.71. The molecular formula is C34H64O6. The van der Waals surface area contributed by atoms with Gasteiger partial charge in [0.15, 0.2) is 6.10 Å². The number of hydrogen-bond donors (Lipinski definition) is 0. The molecule has 0 bridgehead atoms. The molecule has 0 fully saturated rings. The summed E-state index contributed by atoms with van der Waals surface area (Å²) in [6.45, 7) is 8.20. The Balaban J connectivity index is 4.17. The molecule has 0 amide bonds. The molecule has 0 saturated carbocycles. The molecule has 1 atom stereocenters. The van der Waals surface area contributed by atoms with Crippen LogP contribution < -0.4 is 0 Å². The minimum atomic E-state index is -0.761. The lowest BCUT2D eigenvalue weighted by atomic mass is 10.1. The van der Waals surface area contributed by atoms with Crippen molar-refractivity contribution < 1.29 is 28.6 Å². The average Bonchev–Trinajstić information content (AvgIpc) is 2.91. The molecular weight excluding hydrogens is 504 g/mol. The summed E-state index contributed by atoms with van der Waals surface area (Å²) in [5.41, 5.74) is 0. The zero-order valence-electron chi connectivity index (χ0n) is 26.8. The van der Waals surface area contributed by atoms with E-state index in [-0.39, 0.29) is 37.0 Å². The Kier molecular flexibility index (Phi) is 27.8. The second-order valence-corrected chi connectivity index (χ2v) is 11.9. The maximum atomic E-state index is 12.4. The molecule has 0 aliphatic carbocycles. The van der Waals surface area contributed by atoms with Gasteiger partial charge in [-0.25, -0.2) is 0 Å². The first-order valence-electron chi connectivity index (χ1n) is 16.9. The van der Waals surface area contributed by atoms with Crippen molar-refractivity contribution in [2.75, 3.05) is 13.2 Å². The van der Waals surface area contributed by atoms with Gasteiger partial charge in [-0.05, 0) is 18.8 Å². The quantitative estimate of drug-likeness (QED) is 0.0508. The van der Waals surface area contributed by atoms with Gasteiger partial charge in [-0.1, -0.05) is 143 Å². The van der Waals surface area contributed by atoms with E-state index in [9.17, 15) is 14.4 Å². The van der Waals surface area contributed by atoms with Crippen LogP contribution in [0, 0.1) is 5.92 Å². The number of unbranched alkanes of at least 4 members (excludes halogenated alkanes) is 18. The van der Waals surface area contributed by atoms with Gasteiger partial charge >= 0.3 is 17.9 Å². The SMILES string of the molecule is CCCCCCCCCCCCCC(=O)OC[C@H](COC(=O)CC(C)C)OC(=O)CCCCCCCCCCC. The number of carbonyl (C=O) groups is 3. The van der Waals surface area contributed by atoms with E-state index >= 15 is 0 Å². The van der Waals surface area contributed by atoms with Crippen LogP contribution >= 0.6 is 0 Å². The van der Waals surface area contributed by atoms with E-state index in [1.165, 1.54) is 89.9 Å². The maximum absolute atomic E-state index is 12.4. The van der Waals surface area contributed by atoms with Gasteiger partial charge in [0.2, 0.25) is 0 Å². The molecule has 6 nitrogen and oxygen atoms in total. The molecule has 0 unspecified atom stereocenters. The predicted molar refractivity (Wildman–Crippen MR) is 164 cm³/mol. The Labute approximate surface area is 247 Å². The van der Waals surface area contributed by atoms with E-state index in [2.05, 4.69) is 13.8 Å². The number of ether oxygens (including phenoxy) is 3.